The number of nitrogens with one attached hydrogen (secondary N) is 1. The van der Waals surface area contributed by atoms with Gasteiger partial charge in [-0.1, -0.05) is 28.9 Å². The van der Waals surface area contributed by atoms with E-state index in [0.29, 0.717) is 6.04 Å². The van der Waals surface area contributed by atoms with Gasteiger partial charge in [-0.2, -0.15) is 0 Å². The van der Waals surface area contributed by atoms with Gasteiger partial charge in [-0.3, -0.25) is 0 Å². The molecule has 0 amide bonds. The van der Waals surface area contributed by atoms with E-state index in [1.807, 2.05) is 0 Å². The highest BCUT2D eigenvalue weighted by Crippen LogP contribution is 2.28. The van der Waals surface area contributed by atoms with Crippen LogP contribution in [0.25, 0.3) is 0 Å². The molecular weight excluding hydrogens is 304 g/mol. The molecule has 1 aromatic rings. The summed E-state index contributed by atoms with van der Waals surface area (Å²) in [4.78, 5) is 2.26. The molecule has 0 radical (unpaired) electrons. The van der Waals surface area contributed by atoms with Crippen molar-refractivity contribution in [2.24, 2.45) is 0 Å². The Morgan fingerprint density at radius 1 is 1.42 bits per heavy atom. The summed E-state index contributed by atoms with van der Waals surface area (Å²) in [6, 6.07) is 6.93. The average Bonchev–Trinajstić information content (AvgIpc) is 2.39. The van der Waals surface area contributed by atoms with E-state index >= 15 is 0 Å². The molecule has 19 heavy (non-hydrogen) atoms. The predicted octanol–water partition coefficient (Wildman–Crippen LogP) is 3.59. The Hall–Kier alpha value is -0.580. The molecule has 1 unspecified atom stereocenters. The third kappa shape index (κ3) is 5.13. The Morgan fingerprint density at radius 2 is 2.16 bits per heavy atom. The molecule has 0 spiro atoms. The monoisotopic (exact) mass is 328 g/mol. The van der Waals surface area contributed by atoms with Crippen LogP contribution in [0, 0.1) is 0 Å². The van der Waals surface area contributed by atoms with Gasteiger partial charge >= 0.3 is 0 Å². The minimum absolute atomic E-state index is 0.368. The summed E-state index contributed by atoms with van der Waals surface area (Å²) in [5.74, 6) is 0. The molecule has 0 saturated carbocycles. The van der Waals surface area contributed by atoms with Crippen LogP contribution < -0.4 is 10.2 Å². The Morgan fingerprint density at radius 3 is 2.74 bits per heavy atom. The first kappa shape index (κ1) is 16.5. The SMILES string of the molecule is CCNC(C)c1ccc(N(C)CCCOC)cc1Br. The van der Waals surface area contributed by atoms with Gasteiger partial charge in [-0.05, 0) is 37.6 Å². The minimum atomic E-state index is 0.368. The largest absolute Gasteiger partial charge is 0.385 e. The van der Waals surface area contributed by atoms with E-state index in [2.05, 4.69) is 65.2 Å². The molecule has 1 atom stereocenters. The summed E-state index contributed by atoms with van der Waals surface area (Å²) >= 11 is 3.68. The predicted molar refractivity (Wildman–Crippen MR) is 86.0 cm³/mol. The maximum absolute atomic E-state index is 5.09. The molecule has 0 heterocycles. The minimum Gasteiger partial charge on any atom is -0.385 e. The molecule has 1 aromatic carbocycles. The number of anilines is 1. The Balaban J connectivity index is 2.70. The van der Waals surface area contributed by atoms with E-state index in [1.54, 1.807) is 7.11 Å². The van der Waals surface area contributed by atoms with E-state index < -0.39 is 0 Å². The first-order valence-electron chi connectivity index (χ1n) is 6.83. The lowest BCUT2D eigenvalue weighted by Crippen LogP contribution is -2.21. The summed E-state index contributed by atoms with van der Waals surface area (Å²) in [6.45, 7) is 7.10. The number of benzene rings is 1. The van der Waals surface area contributed by atoms with Crippen molar-refractivity contribution in [2.45, 2.75) is 26.3 Å². The van der Waals surface area contributed by atoms with Crippen molar-refractivity contribution in [3.63, 3.8) is 0 Å². The van der Waals surface area contributed by atoms with Crippen LogP contribution >= 0.6 is 15.9 Å². The number of hydrogen-bond acceptors (Lipinski definition) is 3. The molecule has 0 saturated heterocycles. The van der Waals surface area contributed by atoms with Crippen LogP contribution in [0.15, 0.2) is 22.7 Å². The molecular formula is C15H25BrN2O. The third-order valence-electron chi connectivity index (χ3n) is 3.24. The maximum atomic E-state index is 5.09. The number of rotatable bonds is 8. The molecule has 3 nitrogen and oxygen atoms in total. The Kier molecular flexibility index (Phi) is 7.42. The van der Waals surface area contributed by atoms with Crippen molar-refractivity contribution in [1.29, 1.82) is 0 Å². The highest BCUT2D eigenvalue weighted by molar-refractivity contribution is 9.10. The van der Waals surface area contributed by atoms with Gasteiger partial charge < -0.3 is 15.0 Å². The van der Waals surface area contributed by atoms with E-state index in [1.165, 1.54) is 11.3 Å². The van der Waals surface area contributed by atoms with Crippen molar-refractivity contribution >= 4 is 21.6 Å². The van der Waals surface area contributed by atoms with Crippen LogP contribution in [0.1, 0.15) is 31.9 Å². The molecule has 1 N–H and O–H groups in total. The second-order valence-corrected chi connectivity index (χ2v) is 5.61. The number of halogens is 1. The highest BCUT2D eigenvalue weighted by atomic mass is 79.9. The zero-order valence-electron chi connectivity index (χ0n) is 12.4. The van der Waals surface area contributed by atoms with Crippen molar-refractivity contribution in [3.05, 3.63) is 28.2 Å². The molecule has 0 aliphatic rings. The summed E-state index contributed by atoms with van der Waals surface area (Å²) in [5.41, 5.74) is 2.53. The first-order valence-corrected chi connectivity index (χ1v) is 7.62. The smallest absolute Gasteiger partial charge is 0.0479 e. The molecule has 4 heteroatoms. The second-order valence-electron chi connectivity index (χ2n) is 4.75. The molecule has 0 aliphatic carbocycles. The average molecular weight is 329 g/mol. The molecule has 0 aromatic heterocycles. The van der Waals surface area contributed by atoms with Crippen LogP contribution in [0.5, 0.6) is 0 Å². The second kappa shape index (κ2) is 8.56. The number of nitrogens with zero attached hydrogens (tertiary/aromatic N) is 1. The van der Waals surface area contributed by atoms with Crippen molar-refractivity contribution in [3.8, 4) is 0 Å². The van der Waals surface area contributed by atoms with Crippen LogP contribution in [0.2, 0.25) is 0 Å². The lowest BCUT2D eigenvalue weighted by molar-refractivity contribution is 0.196. The van der Waals surface area contributed by atoms with E-state index in [0.717, 1.165) is 30.6 Å². The van der Waals surface area contributed by atoms with Gasteiger partial charge in [0.05, 0.1) is 0 Å². The van der Waals surface area contributed by atoms with Crippen LogP contribution in [-0.4, -0.2) is 33.9 Å². The molecule has 1 rings (SSSR count). The zero-order valence-corrected chi connectivity index (χ0v) is 14.0. The fourth-order valence-electron chi connectivity index (χ4n) is 2.10. The van der Waals surface area contributed by atoms with E-state index in [9.17, 15) is 0 Å². The number of methoxy groups -OCH3 is 1. The van der Waals surface area contributed by atoms with Crippen molar-refractivity contribution < 1.29 is 4.74 Å². The van der Waals surface area contributed by atoms with E-state index in [-0.39, 0.29) is 0 Å². The van der Waals surface area contributed by atoms with Crippen LogP contribution in [0.3, 0.4) is 0 Å². The quantitative estimate of drug-likeness (QED) is 0.738. The first-order chi connectivity index (χ1) is 9.10. The molecule has 0 bridgehead atoms. The summed E-state index contributed by atoms with van der Waals surface area (Å²) in [7, 11) is 3.86. The number of ether oxygens (including phenoxy) is 1. The highest BCUT2D eigenvalue weighted by Gasteiger charge is 2.10. The lowest BCUT2D eigenvalue weighted by atomic mass is 10.1. The van der Waals surface area contributed by atoms with Crippen LogP contribution in [0.4, 0.5) is 5.69 Å². The zero-order chi connectivity index (χ0) is 14.3. The Labute approximate surface area is 125 Å². The van der Waals surface area contributed by atoms with Crippen molar-refractivity contribution in [2.75, 3.05) is 38.8 Å². The topological polar surface area (TPSA) is 24.5 Å². The maximum Gasteiger partial charge on any atom is 0.0479 e. The standard InChI is InChI=1S/C15H25BrN2O/c1-5-17-12(2)14-8-7-13(11-15(14)16)18(3)9-6-10-19-4/h7-8,11-12,17H,5-6,9-10H2,1-4H3. The third-order valence-corrected chi connectivity index (χ3v) is 3.93. The van der Waals surface area contributed by atoms with Crippen molar-refractivity contribution in [1.82, 2.24) is 5.32 Å². The van der Waals surface area contributed by atoms with Crippen LogP contribution in [-0.2, 0) is 4.74 Å². The molecule has 108 valence electrons. The fraction of sp³-hybridized carbons (Fsp3) is 0.600. The summed E-state index contributed by atoms with van der Waals surface area (Å²) in [5, 5.41) is 3.43. The van der Waals surface area contributed by atoms with Gasteiger partial charge in [0, 0.05) is 43.5 Å². The van der Waals surface area contributed by atoms with Gasteiger partial charge in [-0.25, -0.2) is 0 Å². The fourth-order valence-corrected chi connectivity index (χ4v) is 2.81. The van der Waals surface area contributed by atoms with Gasteiger partial charge in [0.1, 0.15) is 0 Å². The van der Waals surface area contributed by atoms with E-state index in [4.69, 9.17) is 4.74 Å². The number of hydrogen-bond donors (Lipinski definition) is 1. The Bertz CT molecular complexity index is 384. The molecule has 0 aliphatic heterocycles. The van der Waals surface area contributed by atoms with Gasteiger partial charge in [0.25, 0.3) is 0 Å². The summed E-state index contributed by atoms with van der Waals surface area (Å²) in [6.07, 6.45) is 1.04. The van der Waals surface area contributed by atoms with Gasteiger partial charge in [-0.15, -0.1) is 0 Å². The van der Waals surface area contributed by atoms with Gasteiger partial charge in [0.2, 0.25) is 0 Å². The molecule has 0 fully saturated rings. The van der Waals surface area contributed by atoms with Gasteiger partial charge in [0.15, 0.2) is 0 Å². The summed E-state index contributed by atoms with van der Waals surface area (Å²) < 4.78 is 6.25. The lowest BCUT2D eigenvalue weighted by Gasteiger charge is -2.21. The normalized spacial score (nSPS) is 12.5.